The van der Waals surface area contributed by atoms with Crippen LogP contribution in [0, 0.1) is 12.8 Å². The first-order valence-electron chi connectivity index (χ1n) is 7.99. The lowest BCUT2D eigenvalue weighted by Gasteiger charge is -2.38. The van der Waals surface area contributed by atoms with Crippen molar-refractivity contribution in [1.82, 2.24) is 25.4 Å². The quantitative estimate of drug-likeness (QED) is 0.832. The lowest BCUT2D eigenvalue weighted by atomic mass is 9.93. The van der Waals surface area contributed by atoms with Crippen LogP contribution in [-0.4, -0.2) is 57.1 Å². The van der Waals surface area contributed by atoms with E-state index >= 15 is 0 Å². The van der Waals surface area contributed by atoms with Crippen LogP contribution in [0.3, 0.4) is 0 Å². The average Bonchev–Trinajstić information content (AvgIpc) is 3.28. The van der Waals surface area contributed by atoms with Crippen LogP contribution in [0.25, 0.3) is 0 Å². The molecule has 0 spiro atoms. The number of ether oxygens (including phenoxy) is 1. The normalized spacial score (nSPS) is 24.1. The summed E-state index contributed by atoms with van der Waals surface area (Å²) in [5.74, 6) is 1.27. The van der Waals surface area contributed by atoms with E-state index in [0.29, 0.717) is 31.3 Å². The number of hydrogen-bond acceptors (Lipinski definition) is 5. The number of morpholine rings is 1. The number of aromatic nitrogens is 3. The molecule has 8 heteroatoms. The molecule has 0 radical (unpaired) electrons. The molecule has 1 saturated heterocycles. The van der Waals surface area contributed by atoms with Crippen molar-refractivity contribution >= 4 is 11.8 Å². The molecule has 2 N–H and O–H groups in total. The Bertz CT molecular complexity index is 612. The summed E-state index contributed by atoms with van der Waals surface area (Å²) in [5.41, 5.74) is -0.831. The highest BCUT2D eigenvalue weighted by molar-refractivity contribution is 5.91. The molecule has 8 nitrogen and oxygen atoms in total. The SMILES string of the molecule is CC(=O)N[C@](C)(C(=O)N1CCO[C@H](c2n[nH]c(C)n2)C1)C1CC1. The standard InChI is InChI=1S/C15H23N5O3/c1-9-16-13(19-18-9)12-8-20(6-7-23-12)14(22)15(3,11-4-5-11)17-10(2)21/h11-12H,4-8H2,1-3H3,(H,17,21)(H,16,18,19)/t12-,15-/m0/s1. The predicted molar refractivity (Wildman–Crippen MR) is 81.3 cm³/mol. The van der Waals surface area contributed by atoms with Crippen molar-refractivity contribution in [1.29, 1.82) is 0 Å². The molecule has 2 fully saturated rings. The number of carbonyl (C=O) groups is 2. The van der Waals surface area contributed by atoms with Gasteiger partial charge in [-0.2, -0.15) is 5.10 Å². The number of H-pyrrole nitrogens is 1. The van der Waals surface area contributed by atoms with Crippen molar-refractivity contribution in [2.45, 2.75) is 45.3 Å². The number of aryl methyl sites for hydroxylation is 1. The maximum absolute atomic E-state index is 13.0. The van der Waals surface area contributed by atoms with Gasteiger partial charge in [-0.05, 0) is 32.6 Å². The van der Waals surface area contributed by atoms with Crippen LogP contribution in [0.15, 0.2) is 0 Å². The molecular weight excluding hydrogens is 298 g/mol. The second-order valence-corrected chi connectivity index (χ2v) is 6.55. The van der Waals surface area contributed by atoms with Gasteiger partial charge in [-0.3, -0.25) is 14.7 Å². The van der Waals surface area contributed by atoms with Gasteiger partial charge in [-0.25, -0.2) is 4.98 Å². The Morgan fingerprint density at radius 1 is 1.43 bits per heavy atom. The second-order valence-electron chi connectivity index (χ2n) is 6.55. The fraction of sp³-hybridized carbons (Fsp3) is 0.733. The van der Waals surface area contributed by atoms with E-state index in [0.717, 1.165) is 12.8 Å². The van der Waals surface area contributed by atoms with E-state index in [2.05, 4.69) is 20.5 Å². The van der Waals surface area contributed by atoms with E-state index in [1.807, 2.05) is 13.8 Å². The van der Waals surface area contributed by atoms with E-state index in [-0.39, 0.29) is 23.8 Å². The zero-order valence-corrected chi connectivity index (χ0v) is 13.8. The summed E-state index contributed by atoms with van der Waals surface area (Å²) in [5, 5.41) is 9.78. The molecule has 1 aromatic rings. The minimum atomic E-state index is -0.831. The van der Waals surface area contributed by atoms with Crippen LogP contribution < -0.4 is 5.32 Å². The van der Waals surface area contributed by atoms with Gasteiger partial charge < -0.3 is 15.0 Å². The molecular formula is C15H23N5O3. The third-order valence-electron chi connectivity index (χ3n) is 4.53. The van der Waals surface area contributed by atoms with Crippen LogP contribution in [0.5, 0.6) is 0 Å². The Hall–Kier alpha value is -1.96. The molecule has 3 rings (SSSR count). The van der Waals surface area contributed by atoms with E-state index in [9.17, 15) is 9.59 Å². The number of nitrogens with zero attached hydrogens (tertiary/aromatic N) is 3. The van der Waals surface area contributed by atoms with E-state index in [1.54, 1.807) is 4.90 Å². The molecule has 2 aliphatic rings. The highest BCUT2D eigenvalue weighted by atomic mass is 16.5. The fourth-order valence-corrected chi connectivity index (χ4v) is 3.18. The highest BCUT2D eigenvalue weighted by Gasteiger charge is 2.50. The Labute approximate surface area is 135 Å². The highest BCUT2D eigenvalue weighted by Crippen LogP contribution is 2.41. The second kappa shape index (κ2) is 5.92. The molecule has 1 aromatic heterocycles. The number of carbonyl (C=O) groups excluding carboxylic acids is 2. The van der Waals surface area contributed by atoms with Crippen molar-refractivity contribution < 1.29 is 14.3 Å². The molecule has 2 amide bonds. The van der Waals surface area contributed by atoms with Crippen molar-refractivity contribution in [2.24, 2.45) is 5.92 Å². The Kier molecular flexibility index (Phi) is 4.09. The van der Waals surface area contributed by atoms with Crippen LogP contribution in [0.4, 0.5) is 0 Å². The van der Waals surface area contributed by atoms with Gasteiger partial charge in [-0.15, -0.1) is 0 Å². The van der Waals surface area contributed by atoms with Gasteiger partial charge in [0.15, 0.2) is 5.82 Å². The summed E-state index contributed by atoms with van der Waals surface area (Å²) in [6.45, 7) is 6.45. The maximum atomic E-state index is 13.0. The summed E-state index contributed by atoms with van der Waals surface area (Å²) >= 11 is 0. The van der Waals surface area contributed by atoms with Crippen molar-refractivity contribution in [2.75, 3.05) is 19.7 Å². The molecule has 0 aromatic carbocycles. The van der Waals surface area contributed by atoms with Gasteiger partial charge in [0.25, 0.3) is 0 Å². The third kappa shape index (κ3) is 3.21. The first-order valence-corrected chi connectivity index (χ1v) is 7.99. The predicted octanol–water partition coefficient (Wildman–Crippen LogP) is 0.318. The molecule has 1 saturated carbocycles. The van der Waals surface area contributed by atoms with Gasteiger partial charge in [0.05, 0.1) is 13.2 Å². The van der Waals surface area contributed by atoms with Gasteiger partial charge in [0, 0.05) is 13.5 Å². The lowest BCUT2D eigenvalue weighted by molar-refractivity contribution is -0.149. The van der Waals surface area contributed by atoms with Crippen molar-refractivity contribution in [3.63, 3.8) is 0 Å². The van der Waals surface area contributed by atoms with Gasteiger partial charge >= 0.3 is 0 Å². The number of nitrogens with one attached hydrogen (secondary N) is 2. The first kappa shape index (κ1) is 15.9. The molecule has 126 valence electrons. The van der Waals surface area contributed by atoms with E-state index < -0.39 is 5.54 Å². The van der Waals surface area contributed by atoms with Crippen LogP contribution in [-0.2, 0) is 14.3 Å². The summed E-state index contributed by atoms with van der Waals surface area (Å²) in [6, 6.07) is 0. The number of amides is 2. The van der Waals surface area contributed by atoms with Crippen molar-refractivity contribution in [3.05, 3.63) is 11.6 Å². The van der Waals surface area contributed by atoms with Gasteiger partial charge in [0.2, 0.25) is 11.8 Å². The molecule has 1 aliphatic carbocycles. The van der Waals surface area contributed by atoms with E-state index in [1.165, 1.54) is 6.92 Å². The molecule has 0 unspecified atom stereocenters. The zero-order valence-electron chi connectivity index (χ0n) is 13.8. The summed E-state index contributed by atoms with van der Waals surface area (Å²) in [4.78, 5) is 30.6. The van der Waals surface area contributed by atoms with Crippen LogP contribution >= 0.6 is 0 Å². The van der Waals surface area contributed by atoms with Crippen LogP contribution in [0.2, 0.25) is 0 Å². The minimum absolute atomic E-state index is 0.0456. The monoisotopic (exact) mass is 321 g/mol. The molecule has 2 atom stereocenters. The molecule has 0 bridgehead atoms. The Morgan fingerprint density at radius 2 is 2.17 bits per heavy atom. The summed E-state index contributed by atoms with van der Waals surface area (Å²) < 4.78 is 5.70. The van der Waals surface area contributed by atoms with Crippen molar-refractivity contribution in [3.8, 4) is 0 Å². The molecule has 1 aliphatic heterocycles. The maximum Gasteiger partial charge on any atom is 0.248 e. The number of rotatable bonds is 4. The molecule has 23 heavy (non-hydrogen) atoms. The number of aromatic amines is 1. The van der Waals surface area contributed by atoms with Crippen LogP contribution in [0.1, 0.15) is 44.4 Å². The fourth-order valence-electron chi connectivity index (χ4n) is 3.18. The summed E-state index contributed by atoms with van der Waals surface area (Å²) in [7, 11) is 0. The summed E-state index contributed by atoms with van der Waals surface area (Å²) in [6.07, 6.45) is 1.60. The van der Waals surface area contributed by atoms with Gasteiger partial charge in [-0.1, -0.05) is 0 Å². The third-order valence-corrected chi connectivity index (χ3v) is 4.53. The van der Waals surface area contributed by atoms with Gasteiger partial charge in [0.1, 0.15) is 17.5 Å². The topological polar surface area (TPSA) is 100 Å². The smallest absolute Gasteiger partial charge is 0.248 e. The van der Waals surface area contributed by atoms with E-state index in [4.69, 9.17) is 4.74 Å². The minimum Gasteiger partial charge on any atom is -0.366 e. The molecule has 2 heterocycles. The Balaban J connectivity index is 1.74. The zero-order chi connectivity index (χ0) is 16.6. The lowest BCUT2D eigenvalue weighted by Crippen LogP contribution is -2.60. The largest absolute Gasteiger partial charge is 0.366 e. The Morgan fingerprint density at radius 3 is 2.74 bits per heavy atom. The number of hydrogen-bond donors (Lipinski definition) is 2. The average molecular weight is 321 g/mol. The first-order chi connectivity index (χ1) is 10.9.